The highest BCUT2D eigenvalue weighted by molar-refractivity contribution is 5.84. The number of carbonyl (C=O) groups excluding carboxylic acids is 1. The summed E-state index contributed by atoms with van der Waals surface area (Å²) in [6.45, 7) is 0. The molecule has 0 amide bonds. The predicted molar refractivity (Wildman–Crippen MR) is 79.0 cm³/mol. The maximum Gasteiger partial charge on any atom is 0.139 e. The van der Waals surface area contributed by atoms with Crippen LogP contribution in [0.15, 0.2) is 0 Å². The summed E-state index contributed by atoms with van der Waals surface area (Å²) in [6.07, 6.45) is 17.4. The molecule has 0 aliphatic heterocycles. The summed E-state index contributed by atoms with van der Waals surface area (Å²) in [6, 6.07) is 0. The van der Waals surface area contributed by atoms with Crippen LogP contribution in [0.5, 0.6) is 0 Å². The fourth-order valence-corrected chi connectivity index (χ4v) is 5.13. The normalized spacial score (nSPS) is 35.5. The van der Waals surface area contributed by atoms with E-state index >= 15 is 0 Å². The molecule has 1 nitrogen and oxygen atoms in total. The molecule has 0 saturated heterocycles. The number of rotatable bonds is 2. The van der Waals surface area contributed by atoms with Gasteiger partial charge in [0.25, 0.3) is 0 Å². The number of Topliss-reactive ketones (excluding diaryl/α,β-unsaturated/α-hetero) is 1. The van der Waals surface area contributed by atoms with Crippen LogP contribution in [-0.2, 0) is 4.79 Å². The van der Waals surface area contributed by atoms with Crippen LogP contribution in [0.4, 0.5) is 0 Å². The van der Waals surface area contributed by atoms with Gasteiger partial charge in [-0.05, 0) is 50.4 Å². The van der Waals surface area contributed by atoms with Crippen molar-refractivity contribution in [1.29, 1.82) is 0 Å². The fourth-order valence-electron chi connectivity index (χ4n) is 5.13. The van der Waals surface area contributed by atoms with Crippen molar-refractivity contribution in [2.75, 3.05) is 0 Å². The second-order valence-electron chi connectivity index (χ2n) is 7.34. The van der Waals surface area contributed by atoms with Crippen molar-refractivity contribution in [2.24, 2.45) is 23.7 Å². The largest absolute Gasteiger partial charge is 0.299 e. The van der Waals surface area contributed by atoms with Crippen molar-refractivity contribution < 1.29 is 4.79 Å². The number of hydrogen-bond acceptors (Lipinski definition) is 1. The van der Waals surface area contributed by atoms with Gasteiger partial charge in [0, 0.05) is 11.8 Å². The van der Waals surface area contributed by atoms with Gasteiger partial charge in [-0.2, -0.15) is 0 Å². The lowest BCUT2D eigenvalue weighted by molar-refractivity contribution is -0.134. The maximum atomic E-state index is 12.9. The molecule has 108 valence electrons. The van der Waals surface area contributed by atoms with E-state index < -0.39 is 0 Å². The molecule has 0 aromatic carbocycles. The van der Waals surface area contributed by atoms with Gasteiger partial charge in [-0.15, -0.1) is 0 Å². The predicted octanol–water partition coefficient (Wildman–Crippen LogP) is 5.13. The van der Waals surface area contributed by atoms with Gasteiger partial charge in [0.2, 0.25) is 0 Å². The number of carbonyl (C=O) groups is 1. The Hall–Kier alpha value is -0.330. The van der Waals surface area contributed by atoms with Gasteiger partial charge in [-0.25, -0.2) is 0 Å². The Morgan fingerprint density at radius 1 is 0.526 bits per heavy atom. The van der Waals surface area contributed by atoms with Crippen LogP contribution >= 0.6 is 0 Å². The average Bonchev–Trinajstić information content (AvgIpc) is 2.49. The van der Waals surface area contributed by atoms with Gasteiger partial charge in [-0.3, -0.25) is 4.79 Å². The molecule has 3 rings (SSSR count). The molecular formula is C18H30O. The SMILES string of the molecule is O=C1C(C2CCCCC2)CCCC1C1CCCCC1. The molecule has 2 atom stereocenters. The summed E-state index contributed by atoms with van der Waals surface area (Å²) in [5, 5.41) is 0. The molecule has 0 bridgehead atoms. The topological polar surface area (TPSA) is 17.1 Å². The molecule has 3 aliphatic carbocycles. The molecule has 3 saturated carbocycles. The molecule has 0 radical (unpaired) electrons. The molecule has 0 spiro atoms. The third kappa shape index (κ3) is 3.06. The minimum Gasteiger partial charge on any atom is -0.299 e. The van der Waals surface area contributed by atoms with Crippen molar-refractivity contribution >= 4 is 5.78 Å². The van der Waals surface area contributed by atoms with Gasteiger partial charge in [0.15, 0.2) is 0 Å². The van der Waals surface area contributed by atoms with E-state index in [1.54, 1.807) is 0 Å². The number of ketones is 1. The first-order valence-corrected chi connectivity index (χ1v) is 8.90. The summed E-state index contributed by atoms with van der Waals surface area (Å²) >= 11 is 0. The lowest BCUT2D eigenvalue weighted by Gasteiger charge is -2.39. The summed E-state index contributed by atoms with van der Waals surface area (Å²) < 4.78 is 0. The van der Waals surface area contributed by atoms with E-state index in [9.17, 15) is 4.79 Å². The minimum atomic E-state index is 0.459. The summed E-state index contributed by atoms with van der Waals surface area (Å²) in [4.78, 5) is 12.9. The van der Waals surface area contributed by atoms with E-state index in [1.807, 2.05) is 0 Å². The van der Waals surface area contributed by atoms with Gasteiger partial charge >= 0.3 is 0 Å². The highest BCUT2D eigenvalue weighted by Crippen LogP contribution is 2.43. The van der Waals surface area contributed by atoms with E-state index in [2.05, 4.69) is 0 Å². The van der Waals surface area contributed by atoms with Crippen LogP contribution in [-0.4, -0.2) is 5.78 Å². The third-order valence-electron chi connectivity index (χ3n) is 6.20. The maximum absolute atomic E-state index is 12.9. The van der Waals surface area contributed by atoms with Crippen LogP contribution in [0, 0.1) is 23.7 Å². The Morgan fingerprint density at radius 2 is 0.947 bits per heavy atom. The first-order valence-electron chi connectivity index (χ1n) is 8.90. The molecule has 0 N–H and O–H groups in total. The molecule has 3 fully saturated rings. The third-order valence-corrected chi connectivity index (χ3v) is 6.20. The number of hydrogen-bond donors (Lipinski definition) is 0. The summed E-state index contributed by atoms with van der Waals surface area (Å²) in [5.41, 5.74) is 0. The Morgan fingerprint density at radius 3 is 1.37 bits per heavy atom. The van der Waals surface area contributed by atoms with Crippen molar-refractivity contribution in [1.82, 2.24) is 0 Å². The van der Waals surface area contributed by atoms with Crippen molar-refractivity contribution in [2.45, 2.75) is 83.5 Å². The molecular weight excluding hydrogens is 232 g/mol. The van der Waals surface area contributed by atoms with Crippen molar-refractivity contribution in [3.8, 4) is 0 Å². The molecule has 1 heteroatoms. The van der Waals surface area contributed by atoms with E-state index in [0.717, 1.165) is 11.8 Å². The van der Waals surface area contributed by atoms with Crippen LogP contribution in [0.25, 0.3) is 0 Å². The quantitative estimate of drug-likeness (QED) is 0.674. The zero-order valence-electron chi connectivity index (χ0n) is 12.4. The van der Waals surface area contributed by atoms with Crippen LogP contribution in [0.3, 0.4) is 0 Å². The van der Waals surface area contributed by atoms with Gasteiger partial charge in [-0.1, -0.05) is 44.9 Å². The molecule has 19 heavy (non-hydrogen) atoms. The smallest absolute Gasteiger partial charge is 0.139 e. The fraction of sp³-hybridized carbons (Fsp3) is 0.944. The van der Waals surface area contributed by atoms with Gasteiger partial charge in [0.1, 0.15) is 5.78 Å². The lowest BCUT2D eigenvalue weighted by Crippen LogP contribution is -2.38. The molecule has 2 unspecified atom stereocenters. The lowest BCUT2D eigenvalue weighted by atomic mass is 9.65. The molecule has 0 heterocycles. The monoisotopic (exact) mass is 262 g/mol. The van der Waals surface area contributed by atoms with E-state index in [-0.39, 0.29) is 0 Å². The van der Waals surface area contributed by atoms with Crippen LogP contribution < -0.4 is 0 Å². The van der Waals surface area contributed by atoms with Crippen LogP contribution in [0.1, 0.15) is 83.5 Å². The molecule has 0 aromatic rings. The zero-order valence-corrected chi connectivity index (χ0v) is 12.4. The average molecular weight is 262 g/mol. The minimum absolute atomic E-state index is 0.459. The van der Waals surface area contributed by atoms with Crippen molar-refractivity contribution in [3.05, 3.63) is 0 Å². The summed E-state index contributed by atoms with van der Waals surface area (Å²) in [7, 11) is 0. The van der Waals surface area contributed by atoms with E-state index in [4.69, 9.17) is 0 Å². The Bertz CT molecular complexity index is 269. The van der Waals surface area contributed by atoms with E-state index in [1.165, 1.54) is 83.5 Å². The second kappa shape index (κ2) is 6.41. The standard InChI is InChI=1S/C18H30O/c19-18-16(14-8-3-1-4-9-14)12-7-13-17(18)15-10-5-2-6-11-15/h14-17H,1-13H2. The Kier molecular flexibility index (Phi) is 4.61. The Balaban J connectivity index is 1.64. The van der Waals surface area contributed by atoms with Crippen molar-refractivity contribution in [3.63, 3.8) is 0 Å². The summed E-state index contributed by atoms with van der Waals surface area (Å²) in [5.74, 6) is 3.13. The van der Waals surface area contributed by atoms with Crippen LogP contribution in [0.2, 0.25) is 0 Å². The first-order chi connectivity index (χ1) is 9.36. The first kappa shape index (κ1) is 13.6. The van der Waals surface area contributed by atoms with E-state index in [0.29, 0.717) is 17.6 Å². The highest BCUT2D eigenvalue weighted by Gasteiger charge is 2.39. The Labute approximate surface area is 118 Å². The highest BCUT2D eigenvalue weighted by atomic mass is 16.1. The van der Waals surface area contributed by atoms with Gasteiger partial charge in [0.05, 0.1) is 0 Å². The van der Waals surface area contributed by atoms with Gasteiger partial charge < -0.3 is 0 Å². The molecule has 3 aliphatic rings. The zero-order chi connectivity index (χ0) is 13.1. The molecule has 0 aromatic heterocycles. The second-order valence-corrected chi connectivity index (χ2v) is 7.34.